The molecule has 0 radical (unpaired) electrons. The number of nitro groups is 1. The number of nitro benzene ring substituents is 1. The quantitative estimate of drug-likeness (QED) is 0.665. The van der Waals surface area contributed by atoms with Gasteiger partial charge in [0, 0.05) is 30.5 Å². The minimum absolute atomic E-state index is 0.0304. The third-order valence-electron chi connectivity index (χ3n) is 4.20. The number of ether oxygens (including phenoxy) is 2. The predicted octanol–water partition coefficient (Wildman–Crippen LogP) is 3.94. The van der Waals surface area contributed by atoms with Crippen LogP contribution in [0.3, 0.4) is 0 Å². The summed E-state index contributed by atoms with van der Waals surface area (Å²) in [5.41, 5.74) is 1.96. The molecule has 1 N–H and O–H groups in total. The molecule has 6 nitrogen and oxygen atoms in total. The molecule has 3 rings (SSSR count). The van der Waals surface area contributed by atoms with E-state index in [9.17, 15) is 10.1 Å². The molecular weight excluding hydrogens is 308 g/mol. The van der Waals surface area contributed by atoms with Crippen molar-refractivity contribution in [3.8, 4) is 5.75 Å². The highest BCUT2D eigenvalue weighted by atomic mass is 16.6. The molecule has 1 saturated heterocycles. The summed E-state index contributed by atoms with van der Waals surface area (Å²) in [5.74, 6) is 0.261. The van der Waals surface area contributed by atoms with E-state index in [1.54, 1.807) is 12.1 Å². The first-order valence-electron chi connectivity index (χ1n) is 7.93. The van der Waals surface area contributed by atoms with Crippen molar-refractivity contribution in [2.45, 2.75) is 25.0 Å². The van der Waals surface area contributed by atoms with Crippen LogP contribution in [0.1, 0.15) is 24.5 Å². The molecule has 0 spiro atoms. The Morgan fingerprint density at radius 1 is 1.25 bits per heavy atom. The highest BCUT2D eigenvalue weighted by molar-refractivity contribution is 5.58. The van der Waals surface area contributed by atoms with Gasteiger partial charge in [-0.2, -0.15) is 0 Å². The van der Waals surface area contributed by atoms with Crippen LogP contribution in [0.25, 0.3) is 0 Å². The molecule has 1 aliphatic heterocycles. The van der Waals surface area contributed by atoms with Crippen LogP contribution in [0, 0.1) is 10.1 Å². The average molecular weight is 328 g/mol. The molecule has 1 heterocycles. The molecule has 0 aliphatic carbocycles. The van der Waals surface area contributed by atoms with Gasteiger partial charge < -0.3 is 14.8 Å². The second-order valence-electron chi connectivity index (χ2n) is 5.78. The van der Waals surface area contributed by atoms with E-state index in [2.05, 4.69) is 17.4 Å². The molecule has 2 atom stereocenters. The van der Waals surface area contributed by atoms with Crippen LogP contribution in [-0.4, -0.2) is 24.7 Å². The Balaban J connectivity index is 1.70. The highest BCUT2D eigenvalue weighted by Gasteiger charge is 2.24. The number of rotatable bonds is 5. The zero-order valence-electron chi connectivity index (χ0n) is 13.5. The molecule has 1 aliphatic rings. The molecule has 24 heavy (non-hydrogen) atoms. The maximum absolute atomic E-state index is 11.0. The maximum atomic E-state index is 11.0. The molecule has 1 fully saturated rings. The topological polar surface area (TPSA) is 73.6 Å². The van der Waals surface area contributed by atoms with Gasteiger partial charge in [0.2, 0.25) is 0 Å². The largest absolute Gasteiger partial charge is 0.490 e. The van der Waals surface area contributed by atoms with Gasteiger partial charge >= 0.3 is 5.69 Å². The summed E-state index contributed by atoms with van der Waals surface area (Å²) in [7, 11) is 1.44. The van der Waals surface area contributed by atoms with E-state index in [4.69, 9.17) is 9.47 Å². The van der Waals surface area contributed by atoms with Gasteiger partial charge in [-0.3, -0.25) is 10.1 Å². The molecule has 2 unspecified atom stereocenters. The smallest absolute Gasteiger partial charge is 0.311 e. The van der Waals surface area contributed by atoms with Gasteiger partial charge in [-0.05, 0) is 24.5 Å². The van der Waals surface area contributed by atoms with E-state index < -0.39 is 4.92 Å². The van der Waals surface area contributed by atoms with Crippen LogP contribution in [-0.2, 0) is 4.74 Å². The van der Waals surface area contributed by atoms with Crippen LogP contribution in [0.2, 0.25) is 0 Å². The van der Waals surface area contributed by atoms with E-state index in [-0.39, 0.29) is 23.6 Å². The Morgan fingerprint density at radius 2 is 2.04 bits per heavy atom. The number of benzene rings is 2. The van der Waals surface area contributed by atoms with Crippen molar-refractivity contribution in [3.63, 3.8) is 0 Å². The lowest BCUT2D eigenvalue weighted by molar-refractivity contribution is -0.385. The van der Waals surface area contributed by atoms with Gasteiger partial charge in [-0.1, -0.05) is 30.3 Å². The molecule has 126 valence electrons. The average Bonchev–Trinajstić information content (AvgIpc) is 2.62. The third kappa shape index (κ3) is 3.65. The molecule has 0 saturated carbocycles. The first kappa shape index (κ1) is 16.3. The molecule has 0 bridgehead atoms. The lowest BCUT2D eigenvalue weighted by Crippen LogP contribution is -2.30. The second kappa shape index (κ2) is 7.31. The Labute approximate surface area is 140 Å². The number of nitrogens with one attached hydrogen (secondary N) is 1. The normalized spacial score (nSPS) is 20.4. The number of methoxy groups -OCH3 is 1. The van der Waals surface area contributed by atoms with E-state index in [1.165, 1.54) is 18.7 Å². The summed E-state index contributed by atoms with van der Waals surface area (Å²) >= 11 is 0. The highest BCUT2D eigenvalue weighted by Crippen LogP contribution is 2.33. The zero-order valence-corrected chi connectivity index (χ0v) is 13.5. The summed E-state index contributed by atoms with van der Waals surface area (Å²) in [5, 5.41) is 14.4. The first-order chi connectivity index (χ1) is 11.7. The van der Waals surface area contributed by atoms with Crippen LogP contribution in [0.5, 0.6) is 5.75 Å². The van der Waals surface area contributed by atoms with E-state index >= 15 is 0 Å². The van der Waals surface area contributed by atoms with Crippen LogP contribution in [0.4, 0.5) is 11.4 Å². The fourth-order valence-electron chi connectivity index (χ4n) is 2.98. The molecule has 2 aromatic carbocycles. The van der Waals surface area contributed by atoms with Crippen molar-refractivity contribution in [3.05, 3.63) is 64.2 Å². The van der Waals surface area contributed by atoms with E-state index in [0.717, 1.165) is 18.5 Å². The van der Waals surface area contributed by atoms with Gasteiger partial charge in [0.1, 0.15) is 0 Å². The minimum Gasteiger partial charge on any atom is -0.490 e. The van der Waals surface area contributed by atoms with Crippen LogP contribution < -0.4 is 10.1 Å². The van der Waals surface area contributed by atoms with Crippen molar-refractivity contribution in [2.24, 2.45) is 0 Å². The van der Waals surface area contributed by atoms with Crippen molar-refractivity contribution < 1.29 is 14.4 Å². The molecule has 6 heteroatoms. The van der Waals surface area contributed by atoms with Gasteiger partial charge in [-0.25, -0.2) is 0 Å². The fraction of sp³-hybridized carbons (Fsp3) is 0.333. The number of hydrogen-bond acceptors (Lipinski definition) is 5. The summed E-state index contributed by atoms with van der Waals surface area (Å²) in [4.78, 5) is 10.5. The second-order valence-corrected chi connectivity index (χ2v) is 5.78. The van der Waals surface area contributed by atoms with Gasteiger partial charge in [0.25, 0.3) is 0 Å². The minimum atomic E-state index is -0.442. The summed E-state index contributed by atoms with van der Waals surface area (Å²) < 4.78 is 11.0. The van der Waals surface area contributed by atoms with Crippen molar-refractivity contribution in [2.75, 3.05) is 19.0 Å². The number of nitrogens with zero attached hydrogens (tertiary/aromatic N) is 1. The van der Waals surface area contributed by atoms with Crippen molar-refractivity contribution >= 4 is 11.4 Å². The molecule has 0 amide bonds. The monoisotopic (exact) mass is 328 g/mol. The van der Waals surface area contributed by atoms with Gasteiger partial charge in [0.15, 0.2) is 5.75 Å². The summed E-state index contributed by atoms with van der Waals surface area (Å²) in [6.07, 6.45) is 1.81. The Morgan fingerprint density at radius 3 is 2.75 bits per heavy atom. The summed E-state index contributed by atoms with van der Waals surface area (Å²) in [6.45, 7) is 0.682. The fourth-order valence-corrected chi connectivity index (χ4v) is 2.98. The Kier molecular flexibility index (Phi) is 4.96. The standard InChI is InChI=1S/C18H20N2O4/c1-23-18-12-14(7-8-16(18)20(21)22)19-15-9-10-24-17(11-15)13-5-3-2-4-6-13/h2-8,12,15,17,19H,9-11H2,1H3. The summed E-state index contributed by atoms with van der Waals surface area (Å²) in [6, 6.07) is 15.3. The lowest BCUT2D eigenvalue weighted by atomic mass is 9.97. The van der Waals surface area contributed by atoms with Crippen molar-refractivity contribution in [1.29, 1.82) is 0 Å². The zero-order chi connectivity index (χ0) is 16.9. The Hall–Kier alpha value is -2.60. The molecule has 2 aromatic rings. The van der Waals surface area contributed by atoms with Crippen LogP contribution >= 0.6 is 0 Å². The Bertz CT molecular complexity index is 705. The molecule has 0 aromatic heterocycles. The van der Waals surface area contributed by atoms with Crippen LogP contribution in [0.15, 0.2) is 48.5 Å². The van der Waals surface area contributed by atoms with Crippen molar-refractivity contribution in [1.82, 2.24) is 0 Å². The van der Waals surface area contributed by atoms with Gasteiger partial charge in [0.05, 0.1) is 18.1 Å². The molecular formula is C18H20N2O4. The predicted molar refractivity (Wildman–Crippen MR) is 91.4 cm³/mol. The first-order valence-corrected chi connectivity index (χ1v) is 7.93. The SMILES string of the molecule is COc1cc(NC2CCOC(c3ccccc3)C2)ccc1[N+](=O)[O-]. The van der Waals surface area contributed by atoms with E-state index in [1.807, 2.05) is 18.2 Å². The lowest BCUT2D eigenvalue weighted by Gasteiger charge is -2.31. The van der Waals surface area contributed by atoms with Gasteiger partial charge in [-0.15, -0.1) is 0 Å². The van der Waals surface area contributed by atoms with E-state index in [0.29, 0.717) is 6.61 Å². The number of anilines is 1. The number of hydrogen-bond donors (Lipinski definition) is 1. The maximum Gasteiger partial charge on any atom is 0.311 e. The third-order valence-corrected chi connectivity index (χ3v) is 4.20.